The summed E-state index contributed by atoms with van der Waals surface area (Å²) in [5, 5.41) is 8.38. The summed E-state index contributed by atoms with van der Waals surface area (Å²) >= 11 is 0. The molecule has 0 amide bonds. The lowest BCUT2D eigenvalue weighted by Crippen LogP contribution is -2.08. The summed E-state index contributed by atoms with van der Waals surface area (Å²) < 4.78 is 39.7. The number of carboxylic acid groups (broad SMARTS) is 1. The van der Waals surface area contributed by atoms with Gasteiger partial charge in [0.1, 0.15) is 6.26 Å². The van der Waals surface area contributed by atoms with Crippen LogP contribution in [0.5, 0.6) is 0 Å². The Balaban J connectivity index is 2.56. The van der Waals surface area contributed by atoms with Gasteiger partial charge in [0.15, 0.2) is 11.6 Å². The number of carboxylic acids is 1. The van der Waals surface area contributed by atoms with Gasteiger partial charge in [-0.2, -0.15) is 13.2 Å². The van der Waals surface area contributed by atoms with Gasteiger partial charge in [0.25, 0.3) is 0 Å². The number of aryl methyl sites for hydroxylation is 1. The van der Waals surface area contributed by atoms with E-state index in [1.54, 1.807) is 0 Å². The number of hydrogen-bond donors (Lipinski definition) is 1. The first-order chi connectivity index (χ1) is 6.38. The van der Waals surface area contributed by atoms with Crippen LogP contribution in [-0.4, -0.2) is 22.2 Å². The van der Waals surface area contributed by atoms with Crippen LogP contribution in [0.25, 0.3) is 0 Å². The highest BCUT2D eigenvalue weighted by atomic mass is 19.4. The van der Waals surface area contributed by atoms with Crippen molar-refractivity contribution in [2.75, 3.05) is 0 Å². The van der Waals surface area contributed by atoms with Crippen molar-refractivity contribution < 1.29 is 27.5 Å². The van der Waals surface area contributed by atoms with Gasteiger partial charge in [0.05, 0.1) is 6.42 Å². The maximum Gasteiger partial charge on any atom is 0.389 e. The minimum atomic E-state index is -4.29. The number of oxazole rings is 1. The zero-order valence-corrected chi connectivity index (χ0v) is 6.84. The second-order valence-electron chi connectivity index (χ2n) is 2.55. The fourth-order valence-electron chi connectivity index (χ4n) is 0.773. The molecule has 1 heterocycles. The Morgan fingerprint density at radius 3 is 2.64 bits per heavy atom. The molecule has 0 radical (unpaired) electrons. The maximum absolute atomic E-state index is 11.7. The van der Waals surface area contributed by atoms with Gasteiger partial charge in [-0.1, -0.05) is 0 Å². The number of alkyl halides is 3. The minimum Gasteiger partial charge on any atom is -0.476 e. The highest BCUT2D eigenvalue weighted by molar-refractivity contribution is 5.84. The van der Waals surface area contributed by atoms with Crippen molar-refractivity contribution in [1.82, 2.24) is 4.98 Å². The van der Waals surface area contributed by atoms with Crippen molar-refractivity contribution in [2.45, 2.75) is 19.0 Å². The average molecular weight is 209 g/mol. The molecule has 1 aromatic heterocycles. The third-order valence-electron chi connectivity index (χ3n) is 1.39. The Hall–Kier alpha value is -1.53. The first-order valence-corrected chi connectivity index (χ1v) is 3.63. The molecule has 14 heavy (non-hydrogen) atoms. The van der Waals surface area contributed by atoms with Crippen LogP contribution in [0.4, 0.5) is 13.2 Å². The molecular formula is C7H6F3NO3. The van der Waals surface area contributed by atoms with Crippen LogP contribution in [0.15, 0.2) is 10.7 Å². The molecule has 0 saturated carbocycles. The smallest absolute Gasteiger partial charge is 0.389 e. The molecule has 1 rings (SSSR count). The van der Waals surface area contributed by atoms with Gasteiger partial charge in [-0.3, -0.25) is 0 Å². The van der Waals surface area contributed by atoms with Gasteiger partial charge in [-0.15, -0.1) is 0 Å². The number of aromatic nitrogens is 1. The van der Waals surface area contributed by atoms with Crippen LogP contribution in [0.2, 0.25) is 0 Å². The largest absolute Gasteiger partial charge is 0.476 e. The van der Waals surface area contributed by atoms with E-state index < -0.39 is 25.0 Å². The van der Waals surface area contributed by atoms with E-state index in [4.69, 9.17) is 5.11 Å². The van der Waals surface area contributed by atoms with E-state index in [2.05, 4.69) is 9.40 Å². The number of aromatic carboxylic acids is 1. The number of nitrogens with zero attached hydrogens (tertiary/aromatic N) is 1. The van der Waals surface area contributed by atoms with Gasteiger partial charge in [-0.25, -0.2) is 9.78 Å². The van der Waals surface area contributed by atoms with Crippen LogP contribution in [-0.2, 0) is 6.42 Å². The van der Waals surface area contributed by atoms with Crippen molar-refractivity contribution in [3.05, 3.63) is 17.8 Å². The molecule has 0 aromatic carbocycles. The second kappa shape index (κ2) is 3.69. The first-order valence-electron chi connectivity index (χ1n) is 3.63. The molecule has 0 aliphatic heterocycles. The Morgan fingerprint density at radius 2 is 2.21 bits per heavy atom. The lowest BCUT2D eigenvalue weighted by molar-refractivity contribution is -0.134. The molecule has 78 valence electrons. The summed E-state index contributed by atoms with van der Waals surface area (Å²) in [6.45, 7) is 0. The summed E-state index contributed by atoms with van der Waals surface area (Å²) in [6.07, 6.45) is -5.00. The first kappa shape index (κ1) is 10.6. The highest BCUT2D eigenvalue weighted by Crippen LogP contribution is 2.21. The molecule has 1 aromatic rings. The summed E-state index contributed by atoms with van der Waals surface area (Å²) in [4.78, 5) is 13.6. The average Bonchev–Trinajstić information content (AvgIpc) is 2.47. The molecule has 0 aliphatic carbocycles. The third-order valence-corrected chi connectivity index (χ3v) is 1.39. The van der Waals surface area contributed by atoms with E-state index in [0.29, 0.717) is 0 Å². The predicted molar refractivity (Wildman–Crippen MR) is 37.8 cm³/mol. The van der Waals surface area contributed by atoms with Gasteiger partial charge in [0, 0.05) is 6.42 Å². The van der Waals surface area contributed by atoms with Gasteiger partial charge in [-0.05, 0) is 0 Å². The summed E-state index contributed by atoms with van der Waals surface area (Å²) in [5.41, 5.74) is -0.387. The zero-order valence-electron chi connectivity index (χ0n) is 6.84. The van der Waals surface area contributed by atoms with Crippen LogP contribution >= 0.6 is 0 Å². The Labute approximate surface area is 76.4 Å². The van der Waals surface area contributed by atoms with E-state index in [-0.39, 0.29) is 11.6 Å². The molecular weight excluding hydrogens is 203 g/mol. The van der Waals surface area contributed by atoms with Gasteiger partial charge >= 0.3 is 12.1 Å². The predicted octanol–water partition coefficient (Wildman–Crippen LogP) is 1.87. The molecule has 0 saturated heterocycles. The number of rotatable bonds is 3. The molecule has 7 heteroatoms. The molecule has 1 N–H and O–H groups in total. The van der Waals surface area contributed by atoms with Crippen molar-refractivity contribution in [3.63, 3.8) is 0 Å². The van der Waals surface area contributed by atoms with Crippen LogP contribution in [0.3, 0.4) is 0 Å². The number of carbonyl (C=O) groups is 1. The lowest BCUT2D eigenvalue weighted by atomic mass is 10.3. The third kappa shape index (κ3) is 3.08. The normalized spacial score (nSPS) is 11.6. The topological polar surface area (TPSA) is 63.3 Å². The highest BCUT2D eigenvalue weighted by Gasteiger charge is 2.27. The van der Waals surface area contributed by atoms with Crippen LogP contribution < -0.4 is 0 Å². The Morgan fingerprint density at radius 1 is 1.57 bits per heavy atom. The number of halogens is 3. The van der Waals surface area contributed by atoms with Gasteiger partial charge in [0.2, 0.25) is 0 Å². The zero-order chi connectivity index (χ0) is 10.8. The molecule has 4 nitrogen and oxygen atoms in total. The van der Waals surface area contributed by atoms with E-state index in [9.17, 15) is 18.0 Å². The van der Waals surface area contributed by atoms with E-state index in [1.807, 2.05) is 0 Å². The van der Waals surface area contributed by atoms with E-state index >= 15 is 0 Å². The molecule has 0 unspecified atom stereocenters. The van der Waals surface area contributed by atoms with Crippen molar-refractivity contribution in [2.24, 2.45) is 0 Å². The SMILES string of the molecule is O=C(O)c1coc(CCC(F)(F)F)n1. The standard InChI is InChI=1S/C7H6F3NO3/c8-7(9,10)2-1-5-11-4(3-14-5)6(12)13/h3H,1-2H2,(H,12,13). The fourth-order valence-corrected chi connectivity index (χ4v) is 0.773. The lowest BCUT2D eigenvalue weighted by Gasteiger charge is -2.02. The van der Waals surface area contributed by atoms with E-state index in [0.717, 1.165) is 6.26 Å². The van der Waals surface area contributed by atoms with Gasteiger partial charge < -0.3 is 9.52 Å². The maximum atomic E-state index is 11.7. The summed E-state index contributed by atoms with van der Waals surface area (Å²) in [6, 6.07) is 0. The van der Waals surface area contributed by atoms with E-state index in [1.165, 1.54) is 0 Å². The minimum absolute atomic E-state index is 0.222. The Kier molecular flexibility index (Phi) is 2.78. The molecule has 0 fully saturated rings. The monoisotopic (exact) mass is 209 g/mol. The van der Waals surface area contributed by atoms with Crippen LogP contribution in [0, 0.1) is 0 Å². The Bertz CT molecular complexity index is 331. The van der Waals surface area contributed by atoms with Crippen molar-refractivity contribution in [1.29, 1.82) is 0 Å². The number of hydrogen-bond acceptors (Lipinski definition) is 3. The molecule has 0 atom stereocenters. The molecule has 0 bridgehead atoms. The molecule has 0 aliphatic rings. The van der Waals surface area contributed by atoms with Crippen molar-refractivity contribution in [3.8, 4) is 0 Å². The van der Waals surface area contributed by atoms with Crippen LogP contribution in [0.1, 0.15) is 22.8 Å². The second-order valence-corrected chi connectivity index (χ2v) is 2.55. The summed E-state index contributed by atoms with van der Waals surface area (Å²) in [5.74, 6) is -1.55. The summed E-state index contributed by atoms with van der Waals surface area (Å²) in [7, 11) is 0. The molecule has 0 spiro atoms. The fraction of sp³-hybridized carbons (Fsp3) is 0.429. The quantitative estimate of drug-likeness (QED) is 0.825. The van der Waals surface area contributed by atoms with Crippen molar-refractivity contribution >= 4 is 5.97 Å².